The van der Waals surface area contributed by atoms with Gasteiger partial charge in [0.25, 0.3) is 0 Å². The van der Waals surface area contributed by atoms with Crippen molar-refractivity contribution in [3.05, 3.63) is 57.6 Å². The van der Waals surface area contributed by atoms with Crippen LogP contribution in [0, 0.1) is 0 Å². The van der Waals surface area contributed by atoms with Crippen molar-refractivity contribution < 1.29 is 10.2 Å². The van der Waals surface area contributed by atoms with Gasteiger partial charge in [-0.05, 0) is 97.6 Å². The van der Waals surface area contributed by atoms with Crippen molar-refractivity contribution in [3.63, 3.8) is 0 Å². The molecule has 0 heterocycles. The minimum atomic E-state index is -0.0518. The maximum Gasteiger partial charge on any atom is 0.121 e. The van der Waals surface area contributed by atoms with Gasteiger partial charge in [0.15, 0.2) is 0 Å². The predicted octanol–water partition coefficient (Wildman–Crippen LogP) is 19.1. The van der Waals surface area contributed by atoms with E-state index < -0.39 is 0 Å². The van der Waals surface area contributed by atoms with Crippen molar-refractivity contribution >= 4 is 0 Å². The SMILES string of the molecule is CCCCCCCCCCc1cc(C2(c3cc(CCCCCCCCCC)c(O)c(CCCCCCCCCC)c3)CCCCC2)cc(CCCCCCCCCC)c1O. The van der Waals surface area contributed by atoms with Crippen LogP contribution >= 0.6 is 0 Å². The lowest BCUT2D eigenvalue weighted by molar-refractivity contribution is 0.343. The maximum atomic E-state index is 12.0. The highest BCUT2D eigenvalue weighted by atomic mass is 16.3. The zero-order chi connectivity index (χ0) is 42.9. The van der Waals surface area contributed by atoms with Crippen LogP contribution in [0.4, 0.5) is 0 Å². The van der Waals surface area contributed by atoms with E-state index >= 15 is 0 Å². The minimum absolute atomic E-state index is 0.0518. The Morgan fingerprint density at radius 2 is 0.533 bits per heavy atom. The van der Waals surface area contributed by atoms with Crippen molar-refractivity contribution in [2.24, 2.45) is 0 Å². The molecule has 0 atom stereocenters. The number of rotatable bonds is 38. The molecule has 2 heteroatoms. The summed E-state index contributed by atoms with van der Waals surface area (Å²) in [5.74, 6) is 1.21. The summed E-state index contributed by atoms with van der Waals surface area (Å²) in [6.07, 6.45) is 52.2. The first kappa shape index (κ1) is 52.4. The summed E-state index contributed by atoms with van der Waals surface area (Å²) in [5, 5.41) is 23.9. The van der Waals surface area contributed by atoms with Crippen LogP contribution in [0.3, 0.4) is 0 Å². The van der Waals surface area contributed by atoms with Gasteiger partial charge in [0.2, 0.25) is 0 Å². The molecule has 0 bridgehead atoms. The van der Waals surface area contributed by atoms with Crippen LogP contribution in [-0.4, -0.2) is 10.2 Å². The molecule has 1 saturated carbocycles. The lowest BCUT2D eigenvalue weighted by Gasteiger charge is -2.40. The van der Waals surface area contributed by atoms with Gasteiger partial charge in [-0.15, -0.1) is 0 Å². The third-order valence-electron chi connectivity index (χ3n) is 14.5. The summed E-state index contributed by atoms with van der Waals surface area (Å²) < 4.78 is 0. The van der Waals surface area contributed by atoms with Gasteiger partial charge in [-0.3, -0.25) is 0 Å². The highest BCUT2D eigenvalue weighted by Gasteiger charge is 2.37. The molecule has 0 radical (unpaired) electrons. The summed E-state index contributed by atoms with van der Waals surface area (Å²) in [7, 11) is 0. The van der Waals surface area contributed by atoms with E-state index in [1.807, 2.05) is 0 Å². The standard InChI is InChI=1S/C58H100O2/c1-5-9-13-17-21-25-29-34-40-50-46-54(47-51(56(50)59)41-35-30-26-22-18-14-10-6-2)58(44-38-33-39-45-58)55-48-52(42-36-31-27-23-19-15-11-7-3)57(60)53(49-55)43-37-32-28-24-20-16-12-8-4/h46-49,59-60H,5-45H2,1-4H3. The van der Waals surface area contributed by atoms with Crippen molar-refractivity contribution in [2.75, 3.05) is 0 Å². The van der Waals surface area contributed by atoms with Gasteiger partial charge in [0.1, 0.15) is 11.5 Å². The molecule has 2 N–H and O–H groups in total. The second-order valence-corrected chi connectivity index (χ2v) is 19.8. The number of hydrogen-bond donors (Lipinski definition) is 2. The van der Waals surface area contributed by atoms with E-state index in [2.05, 4.69) is 52.0 Å². The Labute approximate surface area is 374 Å². The van der Waals surface area contributed by atoms with E-state index in [-0.39, 0.29) is 5.41 Å². The Balaban J connectivity index is 1.92. The summed E-state index contributed by atoms with van der Waals surface area (Å²) in [5.41, 5.74) is 7.69. The molecule has 0 aliphatic heterocycles. The van der Waals surface area contributed by atoms with Gasteiger partial charge < -0.3 is 10.2 Å². The smallest absolute Gasteiger partial charge is 0.121 e. The van der Waals surface area contributed by atoms with Crippen LogP contribution in [-0.2, 0) is 31.1 Å². The van der Waals surface area contributed by atoms with Crippen LogP contribution in [0.5, 0.6) is 11.5 Å². The van der Waals surface area contributed by atoms with Crippen molar-refractivity contribution in [3.8, 4) is 11.5 Å². The number of hydrogen-bond acceptors (Lipinski definition) is 2. The number of unbranched alkanes of at least 4 members (excludes halogenated alkanes) is 28. The van der Waals surface area contributed by atoms with Gasteiger partial charge in [-0.25, -0.2) is 0 Å². The summed E-state index contributed by atoms with van der Waals surface area (Å²) in [6.45, 7) is 9.21. The van der Waals surface area contributed by atoms with E-state index in [1.165, 1.54) is 271 Å². The molecule has 1 fully saturated rings. The first-order valence-corrected chi connectivity index (χ1v) is 27.2. The third-order valence-corrected chi connectivity index (χ3v) is 14.5. The topological polar surface area (TPSA) is 40.5 Å². The number of phenols is 2. The van der Waals surface area contributed by atoms with Crippen molar-refractivity contribution in [2.45, 2.75) is 296 Å². The lowest BCUT2D eigenvalue weighted by atomic mass is 9.64. The molecule has 3 rings (SSSR count). The highest BCUT2D eigenvalue weighted by molar-refractivity contribution is 5.53. The molecule has 0 saturated heterocycles. The zero-order valence-electron chi connectivity index (χ0n) is 40.7. The van der Waals surface area contributed by atoms with Crippen molar-refractivity contribution in [1.82, 2.24) is 0 Å². The molecule has 344 valence electrons. The van der Waals surface area contributed by atoms with E-state index in [0.29, 0.717) is 11.5 Å². The molecule has 2 nitrogen and oxygen atoms in total. The Morgan fingerprint density at radius 1 is 0.317 bits per heavy atom. The van der Waals surface area contributed by atoms with E-state index in [0.717, 1.165) is 25.7 Å². The molecular formula is C58H100O2. The van der Waals surface area contributed by atoms with Gasteiger partial charge >= 0.3 is 0 Å². The fraction of sp³-hybridized carbons (Fsp3) is 0.793. The second-order valence-electron chi connectivity index (χ2n) is 19.8. The van der Waals surface area contributed by atoms with Gasteiger partial charge in [-0.1, -0.05) is 251 Å². The maximum absolute atomic E-state index is 12.0. The molecule has 0 aromatic heterocycles. The van der Waals surface area contributed by atoms with E-state index in [4.69, 9.17) is 0 Å². The quantitative estimate of drug-likeness (QED) is 0.0662. The number of aromatic hydroxyl groups is 2. The van der Waals surface area contributed by atoms with Gasteiger partial charge in [0.05, 0.1) is 0 Å². The second kappa shape index (κ2) is 33.6. The number of benzene rings is 2. The Kier molecular flexibility index (Phi) is 29.3. The monoisotopic (exact) mass is 829 g/mol. The molecule has 2 aromatic rings. The fourth-order valence-corrected chi connectivity index (χ4v) is 10.5. The molecule has 1 aliphatic rings. The first-order chi connectivity index (χ1) is 29.5. The molecule has 0 unspecified atom stereocenters. The van der Waals surface area contributed by atoms with Crippen LogP contribution in [0.1, 0.15) is 299 Å². The number of aryl methyl sites for hydroxylation is 4. The molecule has 0 amide bonds. The summed E-state index contributed by atoms with van der Waals surface area (Å²) in [4.78, 5) is 0. The molecule has 0 spiro atoms. The average Bonchev–Trinajstić information content (AvgIpc) is 3.26. The van der Waals surface area contributed by atoms with Gasteiger partial charge in [-0.2, -0.15) is 0 Å². The predicted molar refractivity (Wildman–Crippen MR) is 265 cm³/mol. The Bertz CT molecular complexity index is 1160. The minimum Gasteiger partial charge on any atom is -0.507 e. The molecular weight excluding hydrogens is 729 g/mol. The van der Waals surface area contributed by atoms with Crippen LogP contribution in [0.15, 0.2) is 24.3 Å². The third kappa shape index (κ3) is 20.0. The van der Waals surface area contributed by atoms with Crippen LogP contribution in [0.2, 0.25) is 0 Å². The Morgan fingerprint density at radius 3 is 0.767 bits per heavy atom. The van der Waals surface area contributed by atoms with Crippen LogP contribution < -0.4 is 0 Å². The molecule has 60 heavy (non-hydrogen) atoms. The fourth-order valence-electron chi connectivity index (χ4n) is 10.5. The largest absolute Gasteiger partial charge is 0.507 e. The van der Waals surface area contributed by atoms with Crippen molar-refractivity contribution in [1.29, 1.82) is 0 Å². The average molecular weight is 829 g/mol. The summed E-state index contributed by atoms with van der Waals surface area (Å²) in [6, 6.07) is 9.90. The molecule has 1 aliphatic carbocycles. The molecule has 2 aromatic carbocycles. The Hall–Kier alpha value is -1.96. The normalized spacial score (nSPS) is 14.0. The zero-order valence-corrected chi connectivity index (χ0v) is 40.7. The van der Waals surface area contributed by atoms with Crippen LogP contribution in [0.25, 0.3) is 0 Å². The highest BCUT2D eigenvalue weighted by Crippen LogP contribution is 2.48. The number of phenolic OH excluding ortho intramolecular Hbond substituents is 2. The van der Waals surface area contributed by atoms with E-state index in [1.54, 1.807) is 0 Å². The summed E-state index contributed by atoms with van der Waals surface area (Å²) >= 11 is 0. The van der Waals surface area contributed by atoms with Gasteiger partial charge in [0, 0.05) is 5.41 Å². The lowest BCUT2D eigenvalue weighted by Crippen LogP contribution is -2.31. The first-order valence-electron chi connectivity index (χ1n) is 27.2. The van der Waals surface area contributed by atoms with E-state index in [9.17, 15) is 10.2 Å².